The van der Waals surface area contributed by atoms with Crippen LogP contribution in [0.25, 0.3) is 0 Å². The monoisotopic (exact) mass is 682 g/mol. The van der Waals surface area contributed by atoms with E-state index in [4.69, 9.17) is 28.9 Å². The van der Waals surface area contributed by atoms with Crippen LogP contribution < -0.4 is 16.4 Å². The van der Waals surface area contributed by atoms with Gasteiger partial charge in [-0.3, -0.25) is 9.59 Å². The molecule has 3 aromatic carbocycles. The Morgan fingerprint density at radius 3 is 2.63 bits per heavy atom. The number of amides is 4. The number of para-hydroxylation sites is 1. The Morgan fingerprint density at radius 2 is 1.89 bits per heavy atom. The number of nitrogens with two attached hydrogens (primary N) is 1. The fourth-order valence-corrected chi connectivity index (χ4v) is 7.22. The summed E-state index contributed by atoms with van der Waals surface area (Å²) < 4.78 is 13.7. The lowest BCUT2D eigenvalue weighted by atomic mass is 9.99. The van der Waals surface area contributed by atoms with E-state index in [1.807, 2.05) is 24.3 Å². The number of carbonyl (C=O) groups excluding carboxylic acids is 3. The minimum Gasteiger partial charge on any atom is -0.360 e. The van der Waals surface area contributed by atoms with Crippen LogP contribution >= 0.6 is 35.0 Å². The number of nitrogens with zero attached hydrogens (tertiary/aromatic N) is 5. The van der Waals surface area contributed by atoms with E-state index in [9.17, 15) is 24.0 Å². The summed E-state index contributed by atoms with van der Waals surface area (Å²) in [5.74, 6) is -1.06. The zero-order valence-electron chi connectivity index (χ0n) is 24.3. The first-order valence-electron chi connectivity index (χ1n) is 14.4. The Labute approximate surface area is 278 Å². The second-order valence-electron chi connectivity index (χ2n) is 11.0. The number of thioether (sulfide) groups is 1. The number of halogens is 3. The molecule has 2 fully saturated rings. The maximum absolute atomic E-state index is 14.1. The van der Waals surface area contributed by atoms with Gasteiger partial charge in [-0.2, -0.15) is 10.3 Å². The molecule has 3 heterocycles. The summed E-state index contributed by atoms with van der Waals surface area (Å²) in [6.45, 7) is -0.169. The predicted molar refractivity (Wildman–Crippen MR) is 172 cm³/mol. The largest absolute Gasteiger partial charge is 0.360 e. The maximum atomic E-state index is 14.1. The highest BCUT2D eigenvalue weighted by Gasteiger charge is 2.52. The minimum absolute atomic E-state index is 0.0787. The van der Waals surface area contributed by atoms with Crippen LogP contribution in [0.1, 0.15) is 16.7 Å². The van der Waals surface area contributed by atoms with E-state index in [1.54, 1.807) is 35.2 Å². The average molecular weight is 684 g/mol. The van der Waals surface area contributed by atoms with Crippen molar-refractivity contribution in [2.45, 2.75) is 42.1 Å². The molecule has 3 aromatic rings. The Kier molecular flexibility index (Phi) is 9.26. The van der Waals surface area contributed by atoms with Crippen molar-refractivity contribution in [2.75, 3.05) is 25.0 Å². The number of piperazine rings is 1. The highest BCUT2D eigenvalue weighted by molar-refractivity contribution is 8.00. The lowest BCUT2D eigenvalue weighted by Gasteiger charge is -2.46. The molecule has 238 valence electrons. The lowest BCUT2D eigenvalue weighted by molar-refractivity contribution is -0.157. The number of urea groups is 1. The molecule has 3 aliphatic rings. The summed E-state index contributed by atoms with van der Waals surface area (Å²) in [4.78, 5) is 45.4. The van der Waals surface area contributed by atoms with Crippen LogP contribution in [-0.4, -0.2) is 75.0 Å². The molecule has 0 aromatic heterocycles. The van der Waals surface area contributed by atoms with Crippen molar-refractivity contribution in [2.24, 2.45) is 5.73 Å². The predicted octanol–water partition coefficient (Wildman–Crippen LogP) is 3.97. The third-order valence-corrected chi connectivity index (χ3v) is 9.82. The first kappa shape index (κ1) is 31.9. The van der Waals surface area contributed by atoms with Crippen molar-refractivity contribution in [1.29, 1.82) is 5.26 Å². The van der Waals surface area contributed by atoms with E-state index in [2.05, 4.69) is 10.6 Å². The number of fused-ring (bicyclic) bond motifs is 2. The van der Waals surface area contributed by atoms with E-state index in [-0.39, 0.29) is 56.5 Å². The van der Waals surface area contributed by atoms with Gasteiger partial charge in [-0.1, -0.05) is 65.3 Å². The van der Waals surface area contributed by atoms with Crippen LogP contribution in [0.15, 0.2) is 65.6 Å². The van der Waals surface area contributed by atoms with Crippen LogP contribution in [0, 0.1) is 17.1 Å². The van der Waals surface area contributed by atoms with Crippen molar-refractivity contribution < 1.29 is 18.8 Å². The van der Waals surface area contributed by atoms with Gasteiger partial charge in [-0.25, -0.2) is 14.2 Å². The van der Waals surface area contributed by atoms with Gasteiger partial charge in [0.1, 0.15) is 30.1 Å². The van der Waals surface area contributed by atoms with Gasteiger partial charge in [0, 0.05) is 24.4 Å². The number of nitriles is 1. The molecular weight excluding hydrogens is 654 g/mol. The Balaban J connectivity index is 1.29. The molecule has 0 radical (unpaired) electrons. The van der Waals surface area contributed by atoms with Gasteiger partial charge in [0.25, 0.3) is 0 Å². The summed E-state index contributed by atoms with van der Waals surface area (Å²) in [5, 5.41) is 19.2. The zero-order valence-corrected chi connectivity index (χ0v) is 26.7. The quantitative estimate of drug-likeness (QED) is 0.304. The van der Waals surface area contributed by atoms with Crippen LogP contribution in [0.5, 0.6) is 0 Å². The number of rotatable bonds is 8. The van der Waals surface area contributed by atoms with Crippen molar-refractivity contribution in [1.82, 2.24) is 25.1 Å². The average Bonchev–Trinajstić information content (AvgIpc) is 3.58. The van der Waals surface area contributed by atoms with Crippen molar-refractivity contribution in [3.8, 4) is 6.07 Å². The lowest BCUT2D eigenvalue weighted by Crippen LogP contribution is -2.66. The third kappa shape index (κ3) is 6.44. The fourth-order valence-electron chi connectivity index (χ4n) is 5.98. The molecule has 0 saturated carbocycles. The van der Waals surface area contributed by atoms with Gasteiger partial charge < -0.3 is 26.2 Å². The van der Waals surface area contributed by atoms with Crippen molar-refractivity contribution in [3.05, 3.63) is 93.2 Å². The van der Waals surface area contributed by atoms with E-state index in [1.165, 1.54) is 38.8 Å². The SMILES string of the molecule is N#CCN(C(=O)NCc1ccc(Cl)c(Cl)c1)N1CC(=O)N2[C@@H](Cc3ccc(F)cc3)C(=O)N(Cc3cccc4c3NC(N)S4)C[C@@H]21. The molecule has 6 rings (SSSR count). The molecule has 3 aliphatic heterocycles. The summed E-state index contributed by atoms with van der Waals surface area (Å²) in [7, 11) is 0. The number of hydrazine groups is 1. The molecule has 3 atom stereocenters. The molecule has 4 amide bonds. The Hall–Kier alpha value is -4.06. The molecule has 46 heavy (non-hydrogen) atoms. The number of hydrogen-bond acceptors (Lipinski definition) is 8. The van der Waals surface area contributed by atoms with Gasteiger partial charge >= 0.3 is 6.03 Å². The number of anilines is 1. The van der Waals surface area contributed by atoms with E-state index in [0.717, 1.165) is 16.1 Å². The summed E-state index contributed by atoms with van der Waals surface area (Å²) in [5.41, 5.74) is 8.85. The second kappa shape index (κ2) is 13.4. The molecule has 15 heteroatoms. The van der Waals surface area contributed by atoms with E-state index < -0.39 is 24.1 Å². The van der Waals surface area contributed by atoms with E-state index >= 15 is 0 Å². The maximum Gasteiger partial charge on any atom is 0.333 e. The molecule has 0 aliphatic carbocycles. The Morgan fingerprint density at radius 1 is 1.13 bits per heavy atom. The normalized spacial score (nSPS) is 20.6. The second-order valence-corrected chi connectivity index (χ2v) is 13.0. The molecule has 0 spiro atoms. The summed E-state index contributed by atoms with van der Waals surface area (Å²) in [6, 6.07) is 17.0. The number of nitrogens with one attached hydrogen (secondary N) is 2. The molecule has 1 unspecified atom stereocenters. The van der Waals surface area contributed by atoms with Gasteiger partial charge in [0.2, 0.25) is 11.8 Å². The standard InChI is InChI=1S/C31H29Cl2FN8O3S/c32-22-9-6-19(12-23(22)33)14-37-31(45)40(11-10-35)41-17-27(43)42-24(13-18-4-7-21(34)8-5-18)29(44)39(16-26(41)42)15-20-2-1-3-25-28(20)38-30(36)46-25/h1-9,12,24,26,30,38H,11,13-17,36H2,(H,37,45)/t24-,26+,30?/m0/s1. The number of benzene rings is 3. The molecular formula is C31H29Cl2FN8O3S. The summed E-state index contributed by atoms with van der Waals surface area (Å²) >= 11 is 13.6. The Bertz CT molecular complexity index is 1720. The van der Waals surface area contributed by atoms with Crippen molar-refractivity contribution in [3.63, 3.8) is 0 Å². The van der Waals surface area contributed by atoms with Crippen molar-refractivity contribution >= 4 is 58.5 Å². The van der Waals surface area contributed by atoms with Crippen LogP contribution in [-0.2, 0) is 29.1 Å². The fraction of sp³-hybridized carbons (Fsp3) is 0.290. The van der Waals surface area contributed by atoms with E-state index in [0.29, 0.717) is 21.2 Å². The smallest absolute Gasteiger partial charge is 0.333 e. The molecule has 0 bridgehead atoms. The van der Waals surface area contributed by atoms with Gasteiger partial charge in [-0.15, -0.1) is 0 Å². The molecule has 2 saturated heterocycles. The van der Waals surface area contributed by atoms with Crippen LogP contribution in [0.4, 0.5) is 14.9 Å². The van der Waals surface area contributed by atoms with Crippen LogP contribution in [0.3, 0.4) is 0 Å². The first-order chi connectivity index (χ1) is 22.1. The highest BCUT2D eigenvalue weighted by atomic mass is 35.5. The number of hydrogen-bond donors (Lipinski definition) is 3. The molecule has 4 N–H and O–H groups in total. The topological polar surface area (TPSA) is 138 Å². The highest BCUT2D eigenvalue weighted by Crippen LogP contribution is 2.40. The zero-order chi connectivity index (χ0) is 32.5. The van der Waals surface area contributed by atoms with Gasteiger partial charge in [-0.05, 0) is 47.0 Å². The van der Waals surface area contributed by atoms with Crippen LogP contribution in [0.2, 0.25) is 10.0 Å². The molecule has 11 nitrogen and oxygen atoms in total. The summed E-state index contributed by atoms with van der Waals surface area (Å²) in [6.07, 6.45) is -0.611. The number of carbonyl (C=O) groups is 3. The first-order valence-corrected chi connectivity index (χ1v) is 16.0. The van der Waals surface area contributed by atoms with Gasteiger partial charge in [0.05, 0.1) is 34.9 Å². The third-order valence-electron chi connectivity index (χ3n) is 8.12. The van der Waals surface area contributed by atoms with Gasteiger partial charge in [0.15, 0.2) is 0 Å². The minimum atomic E-state index is -0.925.